The first-order chi connectivity index (χ1) is 10.1. The monoisotopic (exact) mass is 308 g/mol. The van der Waals surface area contributed by atoms with Crippen LogP contribution < -0.4 is 11.1 Å². The second-order valence-electron chi connectivity index (χ2n) is 5.74. The molecule has 0 aromatic heterocycles. The summed E-state index contributed by atoms with van der Waals surface area (Å²) in [5, 5.41) is 2.81. The number of carbonyl (C=O) groups is 1. The summed E-state index contributed by atoms with van der Waals surface area (Å²) in [4.78, 5) is 11.8. The molecule has 0 heterocycles. The highest BCUT2D eigenvalue weighted by atomic mass is 32.2. The molecule has 1 aromatic carbocycles. The summed E-state index contributed by atoms with van der Waals surface area (Å²) in [5.41, 5.74) is 7.01. The van der Waals surface area contributed by atoms with Gasteiger partial charge in [0.25, 0.3) is 0 Å². The van der Waals surface area contributed by atoms with Crippen molar-refractivity contribution >= 4 is 28.1 Å². The van der Waals surface area contributed by atoms with Crippen molar-refractivity contribution < 1.29 is 9.00 Å². The molecule has 2 rings (SSSR count). The molecule has 0 aliphatic heterocycles. The summed E-state index contributed by atoms with van der Waals surface area (Å²) in [6.45, 7) is 0. The molecule has 3 N–H and O–H groups in total. The number of nitrogens with one attached hydrogen (secondary N) is 1. The van der Waals surface area contributed by atoms with E-state index in [9.17, 15) is 9.00 Å². The number of hydrogen-bond donors (Lipinski definition) is 2. The first-order valence-corrected chi connectivity index (χ1v) is 9.12. The molecule has 21 heavy (non-hydrogen) atoms. The van der Waals surface area contributed by atoms with Crippen LogP contribution in [0, 0.1) is 5.92 Å². The summed E-state index contributed by atoms with van der Waals surface area (Å²) in [6, 6.07) is 7.13. The fraction of sp³-hybridized carbons (Fsp3) is 0.562. The Morgan fingerprint density at radius 1 is 1.33 bits per heavy atom. The predicted molar refractivity (Wildman–Crippen MR) is 88.6 cm³/mol. The molecule has 1 aliphatic rings. The van der Waals surface area contributed by atoms with E-state index in [4.69, 9.17) is 5.73 Å². The van der Waals surface area contributed by atoms with Crippen LogP contribution in [-0.2, 0) is 15.6 Å². The molecule has 1 aliphatic carbocycles. The van der Waals surface area contributed by atoms with E-state index in [2.05, 4.69) is 5.32 Å². The summed E-state index contributed by atoms with van der Waals surface area (Å²) >= 11 is 0. The molecule has 0 bridgehead atoms. The molecular weight excluding hydrogens is 284 g/mol. The average Bonchev–Trinajstić information content (AvgIpc) is 2.91. The van der Waals surface area contributed by atoms with Crippen LogP contribution in [0.5, 0.6) is 0 Å². The number of nitrogen functional groups attached to an aromatic ring is 1. The molecule has 5 heteroatoms. The summed E-state index contributed by atoms with van der Waals surface area (Å²) in [7, 11) is -0.776. The Hall–Kier alpha value is -1.36. The van der Waals surface area contributed by atoms with Crippen LogP contribution in [0.3, 0.4) is 0 Å². The lowest BCUT2D eigenvalue weighted by atomic mass is 10.1. The predicted octanol–water partition coefficient (Wildman–Crippen LogP) is 2.93. The van der Waals surface area contributed by atoms with E-state index in [1.54, 1.807) is 12.1 Å². The van der Waals surface area contributed by atoms with Crippen molar-refractivity contribution in [3.8, 4) is 0 Å². The molecule has 1 atom stereocenters. The van der Waals surface area contributed by atoms with E-state index >= 15 is 0 Å². The van der Waals surface area contributed by atoms with Crippen molar-refractivity contribution in [3.63, 3.8) is 0 Å². The van der Waals surface area contributed by atoms with Crippen LogP contribution in [0.15, 0.2) is 24.3 Å². The first-order valence-electron chi connectivity index (χ1n) is 7.64. The molecule has 4 nitrogen and oxygen atoms in total. The zero-order chi connectivity index (χ0) is 15.1. The highest BCUT2D eigenvalue weighted by Gasteiger charge is 2.17. The lowest BCUT2D eigenvalue weighted by Crippen LogP contribution is -2.15. The van der Waals surface area contributed by atoms with Gasteiger partial charge in [-0.1, -0.05) is 18.9 Å². The van der Waals surface area contributed by atoms with Crippen LogP contribution in [0.2, 0.25) is 0 Å². The SMILES string of the molecule is Nc1cccc(NC(=O)CCCS(=O)CC2CCCC2)c1. The van der Waals surface area contributed by atoms with Gasteiger partial charge in [-0.2, -0.15) is 0 Å². The average molecular weight is 308 g/mol. The van der Waals surface area contributed by atoms with Crippen LogP contribution in [0.25, 0.3) is 0 Å². The second kappa shape index (κ2) is 8.17. The fourth-order valence-electron chi connectivity index (χ4n) is 2.76. The third-order valence-electron chi connectivity index (χ3n) is 3.84. The van der Waals surface area contributed by atoms with Crippen LogP contribution in [-0.4, -0.2) is 21.6 Å². The summed E-state index contributed by atoms with van der Waals surface area (Å²) in [6.07, 6.45) is 6.09. The van der Waals surface area contributed by atoms with Crippen molar-refractivity contribution in [2.45, 2.75) is 38.5 Å². The minimum absolute atomic E-state index is 0.0431. The normalized spacial score (nSPS) is 16.8. The van der Waals surface area contributed by atoms with Crippen molar-refractivity contribution in [3.05, 3.63) is 24.3 Å². The van der Waals surface area contributed by atoms with Gasteiger partial charge >= 0.3 is 0 Å². The molecule has 0 saturated heterocycles. The Kier molecular flexibility index (Phi) is 6.23. The van der Waals surface area contributed by atoms with Crippen LogP contribution in [0.1, 0.15) is 38.5 Å². The number of anilines is 2. The van der Waals surface area contributed by atoms with E-state index in [0.717, 1.165) is 5.75 Å². The Morgan fingerprint density at radius 2 is 2.10 bits per heavy atom. The number of rotatable bonds is 7. The molecule has 116 valence electrons. The minimum Gasteiger partial charge on any atom is -0.399 e. The van der Waals surface area contributed by atoms with Gasteiger partial charge in [-0.15, -0.1) is 0 Å². The standard InChI is InChI=1S/C16H24N2O2S/c17-14-7-3-8-15(11-14)18-16(19)9-4-10-21(20)12-13-5-1-2-6-13/h3,7-8,11,13H,1-2,4-6,9-10,12,17H2,(H,18,19). The van der Waals surface area contributed by atoms with Gasteiger partial charge in [0.15, 0.2) is 0 Å². The lowest BCUT2D eigenvalue weighted by Gasteiger charge is -2.09. The smallest absolute Gasteiger partial charge is 0.224 e. The van der Waals surface area contributed by atoms with E-state index in [0.29, 0.717) is 35.9 Å². The number of amides is 1. The number of nitrogens with two attached hydrogens (primary N) is 1. The largest absolute Gasteiger partial charge is 0.399 e. The number of benzene rings is 1. The number of hydrogen-bond acceptors (Lipinski definition) is 3. The van der Waals surface area contributed by atoms with Crippen LogP contribution >= 0.6 is 0 Å². The molecule has 0 radical (unpaired) electrons. The van der Waals surface area contributed by atoms with Gasteiger partial charge in [-0.05, 0) is 43.4 Å². The Balaban J connectivity index is 1.63. The minimum atomic E-state index is -0.776. The van der Waals surface area contributed by atoms with E-state index in [1.807, 2.05) is 12.1 Å². The van der Waals surface area contributed by atoms with Gasteiger partial charge in [0, 0.05) is 40.1 Å². The van der Waals surface area contributed by atoms with Gasteiger partial charge < -0.3 is 11.1 Å². The lowest BCUT2D eigenvalue weighted by molar-refractivity contribution is -0.116. The molecule has 1 fully saturated rings. The highest BCUT2D eigenvalue weighted by molar-refractivity contribution is 7.84. The first kappa shape index (κ1) is 16.0. The zero-order valence-electron chi connectivity index (χ0n) is 12.3. The van der Waals surface area contributed by atoms with Gasteiger partial charge in [0.05, 0.1) is 0 Å². The topological polar surface area (TPSA) is 72.2 Å². The van der Waals surface area contributed by atoms with E-state index in [-0.39, 0.29) is 5.91 Å². The molecule has 1 unspecified atom stereocenters. The second-order valence-corrected chi connectivity index (χ2v) is 7.36. The molecule has 1 saturated carbocycles. The van der Waals surface area contributed by atoms with Crippen molar-refractivity contribution in [1.82, 2.24) is 0 Å². The van der Waals surface area contributed by atoms with Crippen molar-refractivity contribution in [1.29, 1.82) is 0 Å². The van der Waals surface area contributed by atoms with Gasteiger partial charge in [0.1, 0.15) is 0 Å². The van der Waals surface area contributed by atoms with Gasteiger partial charge in [-0.3, -0.25) is 9.00 Å². The van der Waals surface area contributed by atoms with E-state index < -0.39 is 10.8 Å². The molecular formula is C16H24N2O2S. The maximum absolute atomic E-state index is 11.9. The van der Waals surface area contributed by atoms with Crippen molar-refractivity contribution in [2.24, 2.45) is 5.92 Å². The maximum Gasteiger partial charge on any atom is 0.224 e. The Morgan fingerprint density at radius 3 is 2.81 bits per heavy atom. The maximum atomic E-state index is 11.9. The molecule has 1 aromatic rings. The van der Waals surface area contributed by atoms with Crippen molar-refractivity contribution in [2.75, 3.05) is 22.6 Å². The molecule has 1 amide bonds. The van der Waals surface area contributed by atoms with Crippen LogP contribution in [0.4, 0.5) is 11.4 Å². The quantitative estimate of drug-likeness (QED) is 0.761. The third-order valence-corrected chi connectivity index (χ3v) is 5.43. The fourth-order valence-corrected chi connectivity index (χ4v) is 4.25. The number of carbonyl (C=O) groups excluding carboxylic acids is 1. The van der Waals surface area contributed by atoms with E-state index in [1.165, 1.54) is 25.7 Å². The Bertz CT molecular complexity index is 499. The highest BCUT2D eigenvalue weighted by Crippen LogP contribution is 2.25. The summed E-state index contributed by atoms with van der Waals surface area (Å²) in [5.74, 6) is 2.04. The summed E-state index contributed by atoms with van der Waals surface area (Å²) < 4.78 is 11.9. The molecule has 0 spiro atoms. The Labute approximate surface area is 129 Å². The zero-order valence-corrected chi connectivity index (χ0v) is 13.2. The third kappa shape index (κ3) is 5.87. The van der Waals surface area contributed by atoms with Gasteiger partial charge in [-0.25, -0.2) is 0 Å². The van der Waals surface area contributed by atoms with Gasteiger partial charge in [0.2, 0.25) is 5.91 Å².